The standard InChI is InChI=1S/C30H47F3O3/c1-19(2)27-18-20-6-4-5-7-25(20)28-26(27)16-17-29(36-28,21-8-12-23(34-3)13-9-21)22-10-14-24(15-11-22)35-30(31,32)33/h16-17,19-28H,4-15,18H2,1-3H3. The van der Waals surface area contributed by atoms with E-state index in [-0.39, 0.29) is 17.6 Å². The Kier molecular flexibility index (Phi) is 8.16. The van der Waals surface area contributed by atoms with Crippen LogP contribution in [0.2, 0.25) is 0 Å². The zero-order chi connectivity index (χ0) is 25.5. The molecule has 1 aliphatic heterocycles. The molecule has 0 aromatic rings. The molecule has 36 heavy (non-hydrogen) atoms. The molecule has 0 aromatic carbocycles. The summed E-state index contributed by atoms with van der Waals surface area (Å²) in [5.74, 6) is 3.82. The van der Waals surface area contributed by atoms with Crippen LogP contribution in [0.3, 0.4) is 0 Å². The van der Waals surface area contributed by atoms with Crippen molar-refractivity contribution in [3.63, 3.8) is 0 Å². The molecule has 4 fully saturated rings. The van der Waals surface area contributed by atoms with Crippen LogP contribution in [0.1, 0.15) is 97.3 Å². The fourth-order valence-electron chi connectivity index (χ4n) is 9.04. The zero-order valence-corrected chi connectivity index (χ0v) is 22.5. The number of ether oxygens (including phenoxy) is 3. The van der Waals surface area contributed by atoms with Crippen LogP contribution in [0.5, 0.6) is 0 Å². The molecule has 206 valence electrons. The number of alkyl halides is 3. The summed E-state index contributed by atoms with van der Waals surface area (Å²) in [6.07, 6.45) is 13.5. The third-order valence-corrected chi connectivity index (χ3v) is 10.9. The Morgan fingerprint density at radius 1 is 0.861 bits per heavy atom. The molecular formula is C30H47F3O3. The van der Waals surface area contributed by atoms with Gasteiger partial charge in [0.15, 0.2) is 0 Å². The van der Waals surface area contributed by atoms with Crippen molar-refractivity contribution >= 4 is 0 Å². The lowest BCUT2D eigenvalue weighted by atomic mass is 9.57. The molecule has 5 rings (SSSR count). The summed E-state index contributed by atoms with van der Waals surface area (Å²) >= 11 is 0. The highest BCUT2D eigenvalue weighted by Gasteiger charge is 2.55. The highest BCUT2D eigenvalue weighted by atomic mass is 19.4. The Bertz CT molecular complexity index is 751. The summed E-state index contributed by atoms with van der Waals surface area (Å²) in [5.41, 5.74) is -0.357. The van der Waals surface area contributed by atoms with Crippen LogP contribution in [0.15, 0.2) is 12.2 Å². The van der Waals surface area contributed by atoms with Gasteiger partial charge in [-0.25, -0.2) is 0 Å². The van der Waals surface area contributed by atoms with Crippen LogP contribution < -0.4 is 0 Å². The van der Waals surface area contributed by atoms with Gasteiger partial charge >= 0.3 is 6.36 Å². The molecule has 5 aliphatic rings. The van der Waals surface area contributed by atoms with Crippen molar-refractivity contribution in [3.8, 4) is 0 Å². The average Bonchev–Trinajstić information content (AvgIpc) is 2.87. The first-order valence-electron chi connectivity index (χ1n) is 14.8. The molecule has 6 unspecified atom stereocenters. The van der Waals surface area contributed by atoms with E-state index in [0.717, 1.165) is 44.4 Å². The van der Waals surface area contributed by atoms with Gasteiger partial charge < -0.3 is 9.47 Å². The summed E-state index contributed by atoms with van der Waals surface area (Å²) in [4.78, 5) is 0. The van der Waals surface area contributed by atoms with E-state index in [1.54, 1.807) is 0 Å². The van der Waals surface area contributed by atoms with Gasteiger partial charge in [0.1, 0.15) is 0 Å². The predicted octanol–water partition coefficient (Wildman–Crippen LogP) is 8.08. The van der Waals surface area contributed by atoms with E-state index in [1.165, 1.54) is 32.1 Å². The van der Waals surface area contributed by atoms with Crippen LogP contribution in [-0.2, 0) is 14.2 Å². The predicted molar refractivity (Wildman–Crippen MR) is 134 cm³/mol. The second kappa shape index (κ2) is 10.9. The third kappa shape index (κ3) is 5.43. The van der Waals surface area contributed by atoms with Gasteiger partial charge in [0.05, 0.1) is 23.9 Å². The summed E-state index contributed by atoms with van der Waals surface area (Å²) in [7, 11) is 1.81. The van der Waals surface area contributed by atoms with E-state index >= 15 is 0 Å². The smallest absolute Gasteiger partial charge is 0.381 e. The lowest BCUT2D eigenvalue weighted by molar-refractivity contribution is -0.346. The van der Waals surface area contributed by atoms with Gasteiger partial charge in [0, 0.05) is 13.0 Å². The van der Waals surface area contributed by atoms with Crippen molar-refractivity contribution in [1.82, 2.24) is 0 Å². The number of fused-ring (bicyclic) bond motifs is 3. The Morgan fingerprint density at radius 3 is 2.06 bits per heavy atom. The molecule has 0 bridgehead atoms. The molecule has 1 heterocycles. The molecule has 4 saturated carbocycles. The van der Waals surface area contributed by atoms with Crippen LogP contribution >= 0.6 is 0 Å². The molecule has 0 aromatic heterocycles. The van der Waals surface area contributed by atoms with E-state index in [9.17, 15) is 13.2 Å². The van der Waals surface area contributed by atoms with Gasteiger partial charge in [-0.05, 0) is 99.7 Å². The van der Waals surface area contributed by atoms with Crippen LogP contribution in [-0.4, -0.2) is 37.4 Å². The zero-order valence-electron chi connectivity index (χ0n) is 22.5. The minimum atomic E-state index is -4.55. The first kappa shape index (κ1) is 27.0. The van der Waals surface area contributed by atoms with E-state index in [1.807, 2.05) is 7.11 Å². The summed E-state index contributed by atoms with van der Waals surface area (Å²) in [6, 6.07) is 0. The Hall–Kier alpha value is -0.590. The monoisotopic (exact) mass is 512 g/mol. The summed E-state index contributed by atoms with van der Waals surface area (Å²) < 4.78 is 56.4. The highest BCUT2D eigenvalue weighted by molar-refractivity contribution is 5.19. The molecule has 0 spiro atoms. The number of methoxy groups -OCH3 is 1. The topological polar surface area (TPSA) is 27.7 Å². The van der Waals surface area contributed by atoms with E-state index in [0.29, 0.717) is 48.5 Å². The van der Waals surface area contributed by atoms with Gasteiger partial charge in [-0.2, -0.15) is 0 Å². The fraction of sp³-hybridized carbons (Fsp3) is 0.933. The molecule has 4 aliphatic carbocycles. The highest BCUT2D eigenvalue weighted by Crippen LogP contribution is 2.56. The number of halogens is 3. The number of hydrogen-bond acceptors (Lipinski definition) is 3. The van der Waals surface area contributed by atoms with E-state index in [2.05, 4.69) is 30.7 Å². The quantitative estimate of drug-likeness (QED) is 0.349. The molecule has 6 heteroatoms. The number of rotatable bonds is 5. The van der Waals surface area contributed by atoms with E-state index < -0.39 is 12.5 Å². The van der Waals surface area contributed by atoms with Crippen LogP contribution in [0.4, 0.5) is 13.2 Å². The van der Waals surface area contributed by atoms with Crippen molar-refractivity contribution in [2.75, 3.05) is 7.11 Å². The lowest BCUT2D eigenvalue weighted by Crippen LogP contribution is -2.59. The van der Waals surface area contributed by atoms with Gasteiger partial charge in [0.2, 0.25) is 0 Å². The molecule has 0 amide bonds. The molecule has 3 nitrogen and oxygen atoms in total. The average molecular weight is 513 g/mol. The molecule has 0 radical (unpaired) electrons. The van der Waals surface area contributed by atoms with Crippen LogP contribution in [0, 0.1) is 41.4 Å². The van der Waals surface area contributed by atoms with Crippen LogP contribution in [0.25, 0.3) is 0 Å². The maximum absolute atomic E-state index is 12.9. The van der Waals surface area contributed by atoms with Gasteiger partial charge in [-0.3, -0.25) is 4.74 Å². The van der Waals surface area contributed by atoms with Crippen molar-refractivity contribution in [3.05, 3.63) is 12.2 Å². The molecule has 0 saturated heterocycles. The van der Waals surface area contributed by atoms with Gasteiger partial charge in [0.25, 0.3) is 0 Å². The molecular weight excluding hydrogens is 465 g/mol. The fourth-order valence-corrected chi connectivity index (χ4v) is 9.04. The van der Waals surface area contributed by atoms with E-state index in [4.69, 9.17) is 9.47 Å². The minimum Gasteiger partial charge on any atom is -0.381 e. The third-order valence-electron chi connectivity index (χ3n) is 10.9. The van der Waals surface area contributed by atoms with Crippen molar-refractivity contribution in [2.24, 2.45) is 41.4 Å². The van der Waals surface area contributed by atoms with Crippen molar-refractivity contribution in [2.45, 2.75) is 128 Å². The minimum absolute atomic E-state index is 0.255. The molecule has 6 atom stereocenters. The summed E-state index contributed by atoms with van der Waals surface area (Å²) in [6.45, 7) is 4.74. The largest absolute Gasteiger partial charge is 0.522 e. The second-order valence-corrected chi connectivity index (χ2v) is 13.0. The molecule has 0 N–H and O–H groups in total. The Morgan fingerprint density at radius 2 is 1.47 bits per heavy atom. The van der Waals surface area contributed by atoms with Crippen molar-refractivity contribution in [1.29, 1.82) is 0 Å². The number of hydrogen-bond donors (Lipinski definition) is 0. The van der Waals surface area contributed by atoms with Gasteiger partial charge in [-0.1, -0.05) is 45.3 Å². The van der Waals surface area contributed by atoms with Crippen molar-refractivity contribution < 1.29 is 27.4 Å². The van der Waals surface area contributed by atoms with Gasteiger partial charge in [-0.15, -0.1) is 13.2 Å². The first-order chi connectivity index (χ1) is 17.2. The second-order valence-electron chi connectivity index (χ2n) is 13.0. The summed E-state index contributed by atoms with van der Waals surface area (Å²) in [5, 5.41) is 0. The SMILES string of the molecule is COC1CCC(C2(C3CCC(OC(F)(F)F)CC3)C=CC3C(C(C)C)CC4CCCCC4C3O2)CC1. The lowest BCUT2D eigenvalue weighted by Gasteiger charge is -2.58. The normalized spacial score (nSPS) is 45.8. The maximum Gasteiger partial charge on any atom is 0.522 e. The maximum atomic E-state index is 12.9. The Labute approximate surface area is 215 Å². The Balaban J connectivity index is 1.43. The first-order valence-corrected chi connectivity index (χ1v) is 14.8.